The highest BCUT2D eigenvalue weighted by molar-refractivity contribution is 5.37. The van der Waals surface area contributed by atoms with Crippen LogP contribution >= 0.6 is 0 Å². The SMILES string of the molecule is CCC(CC)N(C)c1ccc(CNC)nn1. The fourth-order valence-corrected chi connectivity index (χ4v) is 1.84. The number of nitrogens with zero attached hydrogens (tertiary/aromatic N) is 3. The lowest BCUT2D eigenvalue weighted by Crippen LogP contribution is -2.31. The van der Waals surface area contributed by atoms with Gasteiger partial charge in [0, 0.05) is 19.6 Å². The summed E-state index contributed by atoms with van der Waals surface area (Å²) >= 11 is 0. The summed E-state index contributed by atoms with van der Waals surface area (Å²) in [5.74, 6) is 0.952. The van der Waals surface area contributed by atoms with Crippen molar-refractivity contribution < 1.29 is 0 Å². The Kier molecular flexibility index (Phi) is 5.19. The first-order chi connectivity index (χ1) is 7.72. The average Bonchev–Trinajstić information content (AvgIpc) is 2.32. The molecular weight excluding hydrogens is 200 g/mol. The summed E-state index contributed by atoms with van der Waals surface area (Å²) in [5, 5.41) is 11.5. The zero-order valence-corrected chi connectivity index (χ0v) is 10.7. The van der Waals surface area contributed by atoms with Crippen molar-refractivity contribution >= 4 is 5.82 Å². The third-order valence-corrected chi connectivity index (χ3v) is 2.92. The lowest BCUT2D eigenvalue weighted by atomic mass is 10.1. The van der Waals surface area contributed by atoms with E-state index in [1.165, 1.54) is 0 Å². The number of hydrogen-bond acceptors (Lipinski definition) is 4. The molecule has 0 radical (unpaired) electrons. The fourth-order valence-electron chi connectivity index (χ4n) is 1.84. The highest BCUT2D eigenvalue weighted by Crippen LogP contribution is 2.15. The standard InChI is InChI=1S/C12H22N4/c1-5-11(6-2)16(4)12-8-7-10(9-13-3)14-15-12/h7-8,11,13H,5-6,9H2,1-4H3. The Balaban J connectivity index is 2.72. The molecule has 0 bridgehead atoms. The topological polar surface area (TPSA) is 41.0 Å². The first-order valence-corrected chi connectivity index (χ1v) is 5.92. The van der Waals surface area contributed by atoms with E-state index in [-0.39, 0.29) is 0 Å². The van der Waals surface area contributed by atoms with E-state index in [9.17, 15) is 0 Å². The van der Waals surface area contributed by atoms with Crippen LogP contribution in [0.5, 0.6) is 0 Å². The van der Waals surface area contributed by atoms with Crippen LogP contribution in [0.2, 0.25) is 0 Å². The summed E-state index contributed by atoms with van der Waals surface area (Å²) in [6, 6.07) is 4.61. The summed E-state index contributed by atoms with van der Waals surface area (Å²) in [7, 11) is 3.99. The van der Waals surface area contributed by atoms with Crippen LogP contribution in [0.3, 0.4) is 0 Å². The lowest BCUT2D eigenvalue weighted by Gasteiger charge is -2.26. The molecule has 1 N–H and O–H groups in total. The minimum absolute atomic E-state index is 0.546. The van der Waals surface area contributed by atoms with Crippen LogP contribution in [-0.2, 0) is 6.54 Å². The molecule has 1 aromatic rings. The lowest BCUT2D eigenvalue weighted by molar-refractivity contribution is 0.583. The molecule has 0 fully saturated rings. The Morgan fingerprint density at radius 1 is 1.25 bits per heavy atom. The predicted octanol–water partition coefficient (Wildman–Crippen LogP) is 1.82. The third kappa shape index (κ3) is 3.17. The molecule has 1 heterocycles. The van der Waals surface area contributed by atoms with E-state index in [1.807, 2.05) is 19.2 Å². The second kappa shape index (κ2) is 6.43. The molecule has 0 aliphatic rings. The van der Waals surface area contributed by atoms with E-state index in [4.69, 9.17) is 0 Å². The maximum atomic E-state index is 4.25. The number of rotatable bonds is 6. The monoisotopic (exact) mass is 222 g/mol. The van der Waals surface area contributed by atoms with Gasteiger partial charge in [-0.05, 0) is 32.0 Å². The van der Waals surface area contributed by atoms with Crippen molar-refractivity contribution in [3.63, 3.8) is 0 Å². The number of nitrogens with one attached hydrogen (secondary N) is 1. The van der Waals surface area contributed by atoms with Gasteiger partial charge in [0.2, 0.25) is 0 Å². The number of aromatic nitrogens is 2. The summed E-state index contributed by atoms with van der Waals surface area (Å²) in [5.41, 5.74) is 0.976. The Hall–Kier alpha value is -1.16. The van der Waals surface area contributed by atoms with Gasteiger partial charge in [-0.2, -0.15) is 5.10 Å². The molecule has 1 rings (SSSR count). The van der Waals surface area contributed by atoms with Crippen LogP contribution in [0, 0.1) is 0 Å². The number of anilines is 1. The highest BCUT2D eigenvalue weighted by Gasteiger charge is 2.12. The molecule has 0 unspecified atom stereocenters. The Morgan fingerprint density at radius 2 is 1.94 bits per heavy atom. The molecule has 4 nitrogen and oxygen atoms in total. The summed E-state index contributed by atoms with van der Waals surface area (Å²) in [4.78, 5) is 2.20. The molecule has 90 valence electrons. The van der Waals surface area contributed by atoms with Gasteiger partial charge in [0.15, 0.2) is 5.82 Å². The van der Waals surface area contributed by atoms with Crippen molar-refractivity contribution in [3.8, 4) is 0 Å². The molecule has 0 aromatic carbocycles. The van der Waals surface area contributed by atoms with Crippen LogP contribution in [0.4, 0.5) is 5.82 Å². The van der Waals surface area contributed by atoms with E-state index >= 15 is 0 Å². The molecule has 0 atom stereocenters. The van der Waals surface area contributed by atoms with Crippen LogP contribution in [-0.4, -0.2) is 30.3 Å². The zero-order valence-electron chi connectivity index (χ0n) is 10.7. The quantitative estimate of drug-likeness (QED) is 0.797. The van der Waals surface area contributed by atoms with Gasteiger partial charge in [0.25, 0.3) is 0 Å². The molecule has 0 saturated carbocycles. The van der Waals surface area contributed by atoms with Gasteiger partial charge in [0.05, 0.1) is 5.69 Å². The van der Waals surface area contributed by atoms with E-state index in [0.29, 0.717) is 6.04 Å². The zero-order chi connectivity index (χ0) is 12.0. The van der Waals surface area contributed by atoms with Crippen molar-refractivity contribution in [1.29, 1.82) is 0 Å². The average molecular weight is 222 g/mol. The van der Waals surface area contributed by atoms with E-state index < -0.39 is 0 Å². The highest BCUT2D eigenvalue weighted by atomic mass is 15.3. The molecular formula is C12H22N4. The molecule has 16 heavy (non-hydrogen) atoms. The van der Waals surface area contributed by atoms with Gasteiger partial charge in [-0.25, -0.2) is 0 Å². The summed E-state index contributed by atoms with van der Waals surface area (Å²) < 4.78 is 0. The smallest absolute Gasteiger partial charge is 0.151 e. The molecule has 4 heteroatoms. The van der Waals surface area contributed by atoms with E-state index in [2.05, 4.69) is 41.3 Å². The van der Waals surface area contributed by atoms with Gasteiger partial charge in [-0.15, -0.1) is 5.10 Å². The maximum absolute atomic E-state index is 4.25. The minimum Gasteiger partial charge on any atom is -0.355 e. The first kappa shape index (κ1) is 12.9. The van der Waals surface area contributed by atoms with Crippen LogP contribution < -0.4 is 10.2 Å². The predicted molar refractivity (Wildman–Crippen MR) is 67.6 cm³/mol. The third-order valence-electron chi connectivity index (χ3n) is 2.92. The van der Waals surface area contributed by atoms with Crippen molar-refractivity contribution in [1.82, 2.24) is 15.5 Å². The van der Waals surface area contributed by atoms with Crippen molar-refractivity contribution in [2.24, 2.45) is 0 Å². The van der Waals surface area contributed by atoms with Gasteiger partial charge in [-0.1, -0.05) is 13.8 Å². The molecule has 0 aliphatic heterocycles. The molecule has 0 spiro atoms. The summed E-state index contributed by atoms with van der Waals surface area (Å²) in [6.07, 6.45) is 2.26. The van der Waals surface area contributed by atoms with Crippen LogP contribution in [0.15, 0.2) is 12.1 Å². The van der Waals surface area contributed by atoms with Crippen molar-refractivity contribution in [3.05, 3.63) is 17.8 Å². The normalized spacial score (nSPS) is 10.8. The maximum Gasteiger partial charge on any atom is 0.151 e. The van der Waals surface area contributed by atoms with Gasteiger partial charge >= 0.3 is 0 Å². The largest absolute Gasteiger partial charge is 0.355 e. The van der Waals surface area contributed by atoms with Gasteiger partial charge in [0.1, 0.15) is 0 Å². The van der Waals surface area contributed by atoms with E-state index in [1.54, 1.807) is 0 Å². The second-order valence-corrected chi connectivity index (χ2v) is 3.99. The van der Waals surface area contributed by atoms with Gasteiger partial charge in [-0.3, -0.25) is 0 Å². The Bertz CT molecular complexity index is 292. The van der Waals surface area contributed by atoms with E-state index in [0.717, 1.165) is 30.9 Å². The van der Waals surface area contributed by atoms with Crippen LogP contribution in [0.25, 0.3) is 0 Å². The second-order valence-electron chi connectivity index (χ2n) is 3.99. The molecule has 0 saturated heterocycles. The molecule has 0 aliphatic carbocycles. The Labute approximate surface area is 98.1 Å². The Morgan fingerprint density at radius 3 is 2.38 bits per heavy atom. The van der Waals surface area contributed by atoms with Gasteiger partial charge < -0.3 is 10.2 Å². The summed E-state index contributed by atoms with van der Waals surface area (Å²) in [6.45, 7) is 5.17. The minimum atomic E-state index is 0.546. The van der Waals surface area contributed by atoms with Crippen molar-refractivity contribution in [2.45, 2.75) is 39.3 Å². The number of hydrogen-bond donors (Lipinski definition) is 1. The van der Waals surface area contributed by atoms with Crippen molar-refractivity contribution in [2.75, 3.05) is 19.0 Å². The van der Waals surface area contributed by atoms with Crippen LogP contribution in [0.1, 0.15) is 32.4 Å². The first-order valence-electron chi connectivity index (χ1n) is 5.92. The molecule has 0 amide bonds. The fraction of sp³-hybridized carbons (Fsp3) is 0.667. The molecule has 1 aromatic heterocycles.